The number of hydrogen-bond donors (Lipinski definition) is 1. The van der Waals surface area contributed by atoms with Crippen molar-refractivity contribution in [3.63, 3.8) is 0 Å². The molecule has 0 fully saturated rings. The molecular formula is C21H14FN3OS. The van der Waals surface area contributed by atoms with Crippen molar-refractivity contribution < 1.29 is 9.18 Å². The second-order valence-electron chi connectivity index (χ2n) is 5.82. The van der Waals surface area contributed by atoms with Gasteiger partial charge in [-0.1, -0.05) is 12.1 Å². The minimum absolute atomic E-state index is 0.290. The quantitative estimate of drug-likeness (QED) is 0.529. The summed E-state index contributed by atoms with van der Waals surface area (Å²) >= 11 is 1.54. The number of rotatable bonds is 4. The summed E-state index contributed by atoms with van der Waals surface area (Å²) in [6.45, 7) is 0. The van der Waals surface area contributed by atoms with E-state index in [-0.39, 0.29) is 11.7 Å². The average molecular weight is 375 g/mol. The first kappa shape index (κ1) is 17.1. The van der Waals surface area contributed by atoms with Gasteiger partial charge in [-0.2, -0.15) is 0 Å². The van der Waals surface area contributed by atoms with Gasteiger partial charge in [0.1, 0.15) is 10.8 Å². The zero-order valence-electron chi connectivity index (χ0n) is 14.1. The van der Waals surface area contributed by atoms with E-state index < -0.39 is 0 Å². The summed E-state index contributed by atoms with van der Waals surface area (Å²) in [5.41, 5.74) is 3.75. The second kappa shape index (κ2) is 7.47. The Labute approximate surface area is 159 Å². The molecule has 4 rings (SSSR count). The molecule has 0 spiro atoms. The zero-order valence-corrected chi connectivity index (χ0v) is 14.9. The largest absolute Gasteiger partial charge is 0.322 e. The van der Waals surface area contributed by atoms with Crippen LogP contribution in [0.5, 0.6) is 0 Å². The average Bonchev–Trinajstić information content (AvgIpc) is 3.20. The van der Waals surface area contributed by atoms with E-state index in [1.165, 1.54) is 24.3 Å². The van der Waals surface area contributed by atoms with Gasteiger partial charge >= 0.3 is 0 Å². The van der Waals surface area contributed by atoms with Crippen molar-refractivity contribution in [1.82, 2.24) is 9.97 Å². The number of hydrogen-bond acceptors (Lipinski definition) is 4. The van der Waals surface area contributed by atoms with Crippen LogP contribution < -0.4 is 5.32 Å². The summed E-state index contributed by atoms with van der Waals surface area (Å²) in [6, 6.07) is 16.7. The van der Waals surface area contributed by atoms with Crippen LogP contribution in [-0.2, 0) is 0 Å². The maximum atomic E-state index is 13.0. The Hall–Kier alpha value is -3.38. The van der Waals surface area contributed by atoms with Crippen LogP contribution in [0.1, 0.15) is 10.4 Å². The lowest BCUT2D eigenvalue weighted by Crippen LogP contribution is -2.11. The van der Waals surface area contributed by atoms with Gasteiger partial charge in [-0.25, -0.2) is 9.37 Å². The van der Waals surface area contributed by atoms with E-state index in [2.05, 4.69) is 15.3 Å². The van der Waals surface area contributed by atoms with Crippen molar-refractivity contribution in [3.8, 4) is 21.8 Å². The van der Waals surface area contributed by atoms with Gasteiger partial charge in [-0.3, -0.25) is 9.78 Å². The molecule has 6 heteroatoms. The van der Waals surface area contributed by atoms with Crippen molar-refractivity contribution in [2.24, 2.45) is 0 Å². The molecule has 0 radical (unpaired) electrons. The first-order chi connectivity index (χ1) is 13.2. The predicted octanol–water partition coefficient (Wildman–Crippen LogP) is 5.26. The number of aromatic nitrogens is 2. The number of thiazole rings is 1. The summed E-state index contributed by atoms with van der Waals surface area (Å²) in [6.07, 6.45) is 3.51. The van der Waals surface area contributed by atoms with Gasteiger partial charge < -0.3 is 5.32 Å². The highest BCUT2D eigenvalue weighted by molar-refractivity contribution is 7.13. The van der Waals surface area contributed by atoms with Crippen molar-refractivity contribution in [2.75, 3.05) is 5.32 Å². The maximum absolute atomic E-state index is 13.0. The van der Waals surface area contributed by atoms with E-state index in [9.17, 15) is 9.18 Å². The van der Waals surface area contributed by atoms with Crippen LogP contribution in [0, 0.1) is 5.82 Å². The first-order valence-corrected chi connectivity index (χ1v) is 9.10. The molecule has 4 nitrogen and oxygen atoms in total. The van der Waals surface area contributed by atoms with Crippen LogP contribution in [0.15, 0.2) is 78.4 Å². The number of nitrogens with zero attached hydrogens (tertiary/aromatic N) is 2. The Morgan fingerprint density at radius 3 is 2.59 bits per heavy atom. The Kier molecular flexibility index (Phi) is 4.72. The van der Waals surface area contributed by atoms with Crippen LogP contribution in [-0.4, -0.2) is 15.9 Å². The molecule has 132 valence electrons. The SMILES string of the molecule is O=C(Nc1cccc(-c2csc(-c3cccnc3)n2)c1)c1ccc(F)cc1. The maximum Gasteiger partial charge on any atom is 0.255 e. The molecule has 4 aromatic rings. The highest BCUT2D eigenvalue weighted by Gasteiger charge is 2.10. The first-order valence-electron chi connectivity index (χ1n) is 8.22. The molecule has 0 aliphatic heterocycles. The molecule has 27 heavy (non-hydrogen) atoms. The number of amides is 1. The number of carbonyl (C=O) groups is 1. The number of benzene rings is 2. The van der Waals surface area contributed by atoms with Crippen molar-refractivity contribution in [3.05, 3.63) is 89.8 Å². The van der Waals surface area contributed by atoms with Gasteiger partial charge in [0.15, 0.2) is 0 Å². The van der Waals surface area contributed by atoms with Crippen molar-refractivity contribution in [2.45, 2.75) is 0 Å². The molecule has 0 saturated carbocycles. The van der Waals surface area contributed by atoms with Crippen LogP contribution in [0.3, 0.4) is 0 Å². The molecule has 1 N–H and O–H groups in total. The van der Waals surface area contributed by atoms with Crippen molar-refractivity contribution in [1.29, 1.82) is 0 Å². The van der Waals surface area contributed by atoms with E-state index in [4.69, 9.17) is 0 Å². The van der Waals surface area contributed by atoms with Gasteiger partial charge in [-0.15, -0.1) is 11.3 Å². The van der Waals surface area contributed by atoms with E-state index >= 15 is 0 Å². The third-order valence-corrected chi connectivity index (χ3v) is 4.83. The fourth-order valence-electron chi connectivity index (χ4n) is 2.59. The minimum atomic E-state index is -0.374. The Morgan fingerprint density at radius 2 is 1.81 bits per heavy atom. The molecule has 0 aliphatic rings. The Morgan fingerprint density at radius 1 is 1.00 bits per heavy atom. The topological polar surface area (TPSA) is 54.9 Å². The molecule has 0 bridgehead atoms. The lowest BCUT2D eigenvalue weighted by molar-refractivity contribution is 0.102. The number of halogens is 1. The van der Waals surface area contributed by atoms with E-state index in [1.54, 1.807) is 29.8 Å². The summed E-state index contributed by atoms with van der Waals surface area (Å²) in [4.78, 5) is 21.1. The number of anilines is 1. The van der Waals surface area contributed by atoms with Crippen molar-refractivity contribution >= 4 is 22.9 Å². The molecule has 0 atom stereocenters. The highest BCUT2D eigenvalue weighted by Crippen LogP contribution is 2.29. The summed E-state index contributed by atoms with van der Waals surface area (Å²) in [7, 11) is 0. The highest BCUT2D eigenvalue weighted by atomic mass is 32.1. The van der Waals surface area contributed by atoms with Gasteiger partial charge in [0.25, 0.3) is 5.91 Å². The minimum Gasteiger partial charge on any atom is -0.322 e. The van der Waals surface area contributed by atoms with Crippen LogP contribution >= 0.6 is 11.3 Å². The van der Waals surface area contributed by atoms with Crippen LogP contribution in [0.2, 0.25) is 0 Å². The monoisotopic (exact) mass is 375 g/mol. The van der Waals surface area contributed by atoms with Gasteiger partial charge in [-0.05, 0) is 48.5 Å². The molecule has 2 aromatic carbocycles. The molecule has 0 aliphatic carbocycles. The number of carbonyl (C=O) groups excluding carboxylic acids is 1. The molecule has 1 amide bonds. The molecule has 2 heterocycles. The second-order valence-corrected chi connectivity index (χ2v) is 6.68. The normalized spacial score (nSPS) is 10.6. The standard InChI is InChI=1S/C21H14FN3OS/c22-17-8-6-14(7-9-17)20(26)24-18-5-1-3-15(11-18)19-13-27-21(25-19)16-4-2-10-23-12-16/h1-13H,(H,24,26). The van der Waals surface area contributed by atoms with Gasteiger partial charge in [0, 0.05) is 40.2 Å². The lowest BCUT2D eigenvalue weighted by Gasteiger charge is -2.07. The zero-order chi connectivity index (χ0) is 18.6. The van der Waals surface area contributed by atoms with E-state index in [1.807, 2.05) is 35.7 Å². The molecular weight excluding hydrogens is 361 g/mol. The molecule has 2 aromatic heterocycles. The van der Waals surface area contributed by atoms with E-state index in [0.29, 0.717) is 11.3 Å². The third-order valence-electron chi connectivity index (χ3n) is 3.94. The Balaban J connectivity index is 1.55. The summed E-state index contributed by atoms with van der Waals surface area (Å²) in [5.74, 6) is -0.664. The van der Waals surface area contributed by atoms with Gasteiger partial charge in [0.05, 0.1) is 5.69 Å². The van der Waals surface area contributed by atoms with E-state index in [0.717, 1.165) is 21.8 Å². The third kappa shape index (κ3) is 3.91. The lowest BCUT2D eigenvalue weighted by atomic mass is 10.1. The van der Waals surface area contributed by atoms with Gasteiger partial charge in [0.2, 0.25) is 0 Å². The smallest absolute Gasteiger partial charge is 0.255 e. The number of nitrogens with one attached hydrogen (secondary N) is 1. The predicted molar refractivity (Wildman–Crippen MR) is 105 cm³/mol. The molecule has 0 saturated heterocycles. The summed E-state index contributed by atoms with van der Waals surface area (Å²) in [5, 5.41) is 5.69. The fourth-order valence-corrected chi connectivity index (χ4v) is 3.41. The fraction of sp³-hybridized carbons (Fsp3) is 0. The van der Waals surface area contributed by atoms with Crippen LogP contribution in [0.4, 0.5) is 10.1 Å². The number of pyridine rings is 1. The molecule has 0 unspecified atom stereocenters. The van der Waals surface area contributed by atoms with Crippen LogP contribution in [0.25, 0.3) is 21.8 Å². The Bertz CT molecular complexity index is 1080. The summed E-state index contributed by atoms with van der Waals surface area (Å²) < 4.78 is 13.0.